The molecule has 1 unspecified atom stereocenters. The van der Waals surface area contributed by atoms with Gasteiger partial charge in [-0.15, -0.1) is 0 Å². The lowest BCUT2D eigenvalue weighted by atomic mass is 9.90. The third-order valence-corrected chi connectivity index (χ3v) is 3.42. The van der Waals surface area contributed by atoms with E-state index in [-0.39, 0.29) is 10.6 Å². The Morgan fingerprint density at radius 1 is 1.40 bits per heavy atom. The Morgan fingerprint density at radius 2 is 2.00 bits per heavy atom. The van der Waals surface area contributed by atoms with Crippen LogP contribution in [0.25, 0.3) is 0 Å². The summed E-state index contributed by atoms with van der Waals surface area (Å²) in [6.07, 6.45) is 0.428. The van der Waals surface area contributed by atoms with Gasteiger partial charge in [0.2, 0.25) is 0 Å². The molecule has 1 N–H and O–H groups in total. The number of rotatable bonds is 2. The summed E-state index contributed by atoms with van der Waals surface area (Å²) in [6, 6.07) is 2.33. The molecule has 0 radical (unpaired) electrons. The van der Waals surface area contributed by atoms with Crippen molar-refractivity contribution in [2.75, 3.05) is 0 Å². The van der Waals surface area contributed by atoms with E-state index < -0.39 is 23.2 Å². The third kappa shape index (κ3) is 1.54. The molecule has 1 atom stereocenters. The van der Waals surface area contributed by atoms with Gasteiger partial charge in [0, 0.05) is 11.0 Å². The van der Waals surface area contributed by atoms with Crippen molar-refractivity contribution in [2.24, 2.45) is 0 Å². The Morgan fingerprint density at radius 3 is 2.47 bits per heavy atom. The maximum atomic E-state index is 13.7. The summed E-state index contributed by atoms with van der Waals surface area (Å²) >= 11 is 5.60. The van der Waals surface area contributed by atoms with Crippen molar-refractivity contribution >= 4 is 11.6 Å². The van der Waals surface area contributed by atoms with Crippen molar-refractivity contribution in [1.29, 1.82) is 0 Å². The van der Waals surface area contributed by atoms with Crippen molar-refractivity contribution < 1.29 is 13.9 Å². The van der Waals surface area contributed by atoms with Gasteiger partial charge in [0.1, 0.15) is 11.6 Å². The first-order valence-electron chi connectivity index (χ1n) is 4.81. The van der Waals surface area contributed by atoms with E-state index in [4.69, 9.17) is 11.6 Å². The number of aliphatic hydroxyl groups excluding tert-OH is 1. The molecule has 2 rings (SSSR count). The Labute approximate surface area is 91.7 Å². The van der Waals surface area contributed by atoms with E-state index in [1.807, 2.05) is 0 Å². The Bertz CT molecular complexity index is 400. The number of hydrogen-bond acceptors (Lipinski definition) is 1. The zero-order valence-electron chi connectivity index (χ0n) is 8.23. The van der Waals surface area contributed by atoms with Crippen LogP contribution < -0.4 is 0 Å². The second-order valence-corrected chi connectivity index (χ2v) is 4.46. The van der Waals surface area contributed by atoms with E-state index >= 15 is 0 Å². The van der Waals surface area contributed by atoms with Gasteiger partial charge in [-0.05, 0) is 31.9 Å². The lowest BCUT2D eigenvalue weighted by molar-refractivity contribution is 0.146. The predicted molar refractivity (Wildman–Crippen MR) is 54.0 cm³/mol. The Hall–Kier alpha value is -0.670. The summed E-state index contributed by atoms with van der Waals surface area (Å²) in [7, 11) is 0. The van der Waals surface area contributed by atoms with Crippen molar-refractivity contribution in [3.8, 4) is 0 Å². The lowest BCUT2D eigenvalue weighted by Crippen LogP contribution is -2.25. The Kier molecular flexibility index (Phi) is 2.47. The largest absolute Gasteiger partial charge is 0.392 e. The fraction of sp³-hybridized carbons (Fsp3) is 0.455. The molecule has 0 saturated heterocycles. The molecule has 0 spiro atoms. The molecule has 0 aliphatic heterocycles. The minimum absolute atomic E-state index is 0.0648. The van der Waals surface area contributed by atoms with E-state index in [1.54, 1.807) is 6.92 Å². The van der Waals surface area contributed by atoms with E-state index in [9.17, 15) is 13.9 Å². The van der Waals surface area contributed by atoms with E-state index in [2.05, 4.69) is 0 Å². The second kappa shape index (κ2) is 3.42. The van der Waals surface area contributed by atoms with Crippen LogP contribution in [0.5, 0.6) is 0 Å². The summed E-state index contributed by atoms with van der Waals surface area (Å²) in [5.41, 5.74) is -0.830. The van der Waals surface area contributed by atoms with E-state index in [1.165, 1.54) is 6.07 Å². The van der Waals surface area contributed by atoms with Crippen molar-refractivity contribution in [3.63, 3.8) is 0 Å². The topological polar surface area (TPSA) is 20.2 Å². The van der Waals surface area contributed by atoms with Crippen molar-refractivity contribution in [3.05, 3.63) is 34.4 Å². The smallest absolute Gasteiger partial charge is 0.148 e. The second-order valence-electron chi connectivity index (χ2n) is 4.05. The van der Waals surface area contributed by atoms with Gasteiger partial charge in [0.15, 0.2) is 0 Å². The van der Waals surface area contributed by atoms with E-state index in [0.29, 0.717) is 12.8 Å². The quantitative estimate of drug-likeness (QED) is 0.778. The van der Waals surface area contributed by atoms with Gasteiger partial charge in [0.05, 0.1) is 11.1 Å². The van der Waals surface area contributed by atoms with Crippen LogP contribution in [0, 0.1) is 11.6 Å². The van der Waals surface area contributed by atoms with Gasteiger partial charge in [-0.25, -0.2) is 8.78 Å². The standard InChI is InChI=1S/C11H11ClF2O/c1-6(15)11(4-5-11)9-8(13)3-2-7(12)10(9)14/h2-3,6,15H,4-5H2,1H3. The summed E-state index contributed by atoms with van der Waals surface area (Å²) < 4.78 is 27.2. The molecule has 0 bridgehead atoms. The zero-order valence-corrected chi connectivity index (χ0v) is 8.98. The third-order valence-electron chi connectivity index (χ3n) is 3.13. The molecular weight excluding hydrogens is 222 g/mol. The van der Waals surface area contributed by atoms with Crippen molar-refractivity contribution in [1.82, 2.24) is 0 Å². The summed E-state index contributed by atoms with van der Waals surface area (Å²) in [5, 5.41) is 9.46. The lowest BCUT2D eigenvalue weighted by Gasteiger charge is -2.20. The SMILES string of the molecule is CC(O)C1(c2c(F)ccc(Cl)c2F)CC1. The molecule has 1 fully saturated rings. The Balaban J connectivity index is 2.57. The monoisotopic (exact) mass is 232 g/mol. The molecule has 1 aromatic rings. The maximum absolute atomic E-state index is 13.7. The van der Waals surface area contributed by atoms with Gasteiger partial charge in [-0.3, -0.25) is 0 Å². The minimum atomic E-state index is -0.765. The van der Waals surface area contributed by atoms with Crippen LogP contribution in [0.1, 0.15) is 25.3 Å². The van der Waals surface area contributed by atoms with Crippen LogP contribution >= 0.6 is 11.6 Å². The summed E-state index contributed by atoms with van der Waals surface area (Å²) in [5.74, 6) is -1.37. The van der Waals surface area contributed by atoms with Gasteiger partial charge >= 0.3 is 0 Å². The van der Waals surface area contributed by atoms with Crippen molar-refractivity contribution in [2.45, 2.75) is 31.3 Å². The molecule has 1 saturated carbocycles. The normalized spacial score (nSPS) is 20.1. The van der Waals surface area contributed by atoms with E-state index in [0.717, 1.165) is 6.07 Å². The maximum Gasteiger partial charge on any atom is 0.148 e. The van der Waals surface area contributed by atoms with Crippen LogP contribution in [-0.4, -0.2) is 11.2 Å². The highest BCUT2D eigenvalue weighted by Crippen LogP contribution is 2.53. The molecule has 15 heavy (non-hydrogen) atoms. The number of hydrogen-bond donors (Lipinski definition) is 1. The number of benzene rings is 1. The van der Waals surface area contributed by atoms with Gasteiger partial charge in [0.25, 0.3) is 0 Å². The van der Waals surface area contributed by atoms with Gasteiger partial charge < -0.3 is 5.11 Å². The molecule has 4 heteroatoms. The first kappa shape index (κ1) is 10.8. The molecule has 1 nitrogen and oxygen atoms in total. The molecule has 1 aliphatic rings. The zero-order chi connectivity index (χ0) is 11.2. The molecule has 0 heterocycles. The minimum Gasteiger partial charge on any atom is -0.392 e. The summed E-state index contributed by atoms with van der Waals surface area (Å²) in [6.45, 7) is 1.55. The molecule has 1 aromatic carbocycles. The average Bonchev–Trinajstić information content (AvgIpc) is 2.93. The molecule has 1 aliphatic carbocycles. The van der Waals surface area contributed by atoms with Gasteiger partial charge in [-0.1, -0.05) is 11.6 Å². The predicted octanol–water partition coefficient (Wildman–Crippen LogP) is 3.03. The first-order valence-corrected chi connectivity index (χ1v) is 5.19. The van der Waals surface area contributed by atoms with Crippen LogP contribution in [0.4, 0.5) is 8.78 Å². The molecule has 82 valence electrons. The number of halogens is 3. The van der Waals surface area contributed by atoms with Gasteiger partial charge in [-0.2, -0.15) is 0 Å². The van der Waals surface area contributed by atoms with Crippen LogP contribution in [0.2, 0.25) is 5.02 Å². The van der Waals surface area contributed by atoms with Crippen LogP contribution in [0.3, 0.4) is 0 Å². The average molecular weight is 233 g/mol. The highest BCUT2D eigenvalue weighted by atomic mass is 35.5. The molecular formula is C11H11ClF2O. The molecule has 0 aromatic heterocycles. The highest BCUT2D eigenvalue weighted by Gasteiger charge is 2.51. The summed E-state index contributed by atoms with van der Waals surface area (Å²) in [4.78, 5) is 0. The molecule has 0 amide bonds. The number of aliphatic hydroxyl groups is 1. The first-order chi connectivity index (χ1) is 6.99. The van der Waals surface area contributed by atoms with Crippen LogP contribution in [-0.2, 0) is 5.41 Å². The fourth-order valence-corrected chi connectivity index (χ4v) is 2.15. The van der Waals surface area contributed by atoms with Crippen LogP contribution in [0.15, 0.2) is 12.1 Å². The highest BCUT2D eigenvalue weighted by molar-refractivity contribution is 6.30. The fourth-order valence-electron chi connectivity index (χ4n) is 1.99.